The van der Waals surface area contributed by atoms with Crippen molar-refractivity contribution in [3.05, 3.63) is 0 Å². The highest BCUT2D eigenvalue weighted by molar-refractivity contribution is 5.00. The maximum Gasteiger partial charge on any atom is 0.103 e. The molecule has 0 N–H and O–H groups in total. The predicted octanol–water partition coefficient (Wildman–Crippen LogP) is 2.63. The second kappa shape index (κ2) is 5.01. The summed E-state index contributed by atoms with van der Waals surface area (Å²) in [6.45, 7) is 8.03. The second-order valence-electron chi connectivity index (χ2n) is 5.41. The van der Waals surface area contributed by atoms with E-state index in [1.807, 2.05) is 0 Å². The van der Waals surface area contributed by atoms with Crippen LogP contribution >= 0.6 is 0 Å². The Morgan fingerprint density at radius 1 is 1.38 bits per heavy atom. The number of nitrogens with zero attached hydrogens (tertiary/aromatic N) is 1. The van der Waals surface area contributed by atoms with Crippen molar-refractivity contribution in [2.45, 2.75) is 51.8 Å². The Kier molecular flexibility index (Phi) is 3.85. The summed E-state index contributed by atoms with van der Waals surface area (Å²) in [6.07, 6.45) is 3.81. The quantitative estimate of drug-likeness (QED) is 0.718. The third-order valence-corrected chi connectivity index (χ3v) is 4.23. The normalized spacial score (nSPS) is 27.9. The van der Waals surface area contributed by atoms with Crippen LogP contribution in [-0.4, -0.2) is 43.4 Å². The van der Waals surface area contributed by atoms with Crippen molar-refractivity contribution < 1.29 is 9.13 Å². The predicted molar refractivity (Wildman–Crippen MR) is 63.3 cm³/mol. The summed E-state index contributed by atoms with van der Waals surface area (Å²) in [5.74, 6) is 0. The number of hydrogen-bond donors (Lipinski definition) is 0. The smallest absolute Gasteiger partial charge is 0.103 e. The average molecular weight is 229 g/mol. The highest BCUT2D eigenvalue weighted by Crippen LogP contribution is 2.50. The van der Waals surface area contributed by atoms with Crippen LogP contribution in [0.3, 0.4) is 0 Å². The number of rotatable bonds is 5. The molecule has 16 heavy (non-hydrogen) atoms. The van der Waals surface area contributed by atoms with Crippen LogP contribution in [0.15, 0.2) is 0 Å². The van der Waals surface area contributed by atoms with Gasteiger partial charge in [-0.3, -0.25) is 0 Å². The van der Waals surface area contributed by atoms with Gasteiger partial charge in [0.2, 0.25) is 0 Å². The molecule has 94 valence electrons. The van der Waals surface area contributed by atoms with Gasteiger partial charge in [-0.1, -0.05) is 0 Å². The van der Waals surface area contributed by atoms with Crippen molar-refractivity contribution in [1.29, 1.82) is 0 Å². The molecular weight excluding hydrogens is 205 g/mol. The molecule has 0 spiro atoms. The van der Waals surface area contributed by atoms with E-state index >= 15 is 0 Å². The van der Waals surface area contributed by atoms with Crippen molar-refractivity contribution in [2.75, 3.05) is 26.2 Å². The third kappa shape index (κ3) is 2.75. The molecule has 2 fully saturated rings. The fraction of sp³-hybridized carbons (Fsp3) is 1.00. The van der Waals surface area contributed by atoms with E-state index < -0.39 is 6.17 Å². The molecule has 2 rings (SSSR count). The van der Waals surface area contributed by atoms with Gasteiger partial charge in [-0.2, -0.15) is 0 Å². The van der Waals surface area contributed by atoms with Crippen LogP contribution in [0.25, 0.3) is 0 Å². The highest BCUT2D eigenvalue weighted by atomic mass is 19.1. The average Bonchev–Trinajstić information content (AvgIpc) is 3.03. The van der Waals surface area contributed by atoms with Crippen LogP contribution in [0.5, 0.6) is 0 Å². The lowest BCUT2D eigenvalue weighted by atomic mass is 9.98. The Morgan fingerprint density at radius 3 is 2.50 bits per heavy atom. The number of piperidine rings is 1. The fourth-order valence-corrected chi connectivity index (χ4v) is 2.79. The van der Waals surface area contributed by atoms with E-state index in [9.17, 15) is 4.39 Å². The van der Waals surface area contributed by atoms with Crippen LogP contribution in [-0.2, 0) is 4.74 Å². The van der Waals surface area contributed by atoms with Gasteiger partial charge < -0.3 is 9.64 Å². The minimum Gasteiger partial charge on any atom is -0.378 e. The van der Waals surface area contributed by atoms with Gasteiger partial charge >= 0.3 is 0 Å². The van der Waals surface area contributed by atoms with E-state index in [2.05, 4.69) is 18.7 Å². The number of alkyl halides is 1. The Hall–Kier alpha value is -0.150. The summed E-state index contributed by atoms with van der Waals surface area (Å²) in [5, 5.41) is 0. The molecule has 1 saturated carbocycles. The lowest BCUT2D eigenvalue weighted by Crippen LogP contribution is -2.41. The Balaban J connectivity index is 1.80. The molecule has 0 amide bonds. The van der Waals surface area contributed by atoms with Crippen molar-refractivity contribution in [3.63, 3.8) is 0 Å². The summed E-state index contributed by atoms with van der Waals surface area (Å²) in [4.78, 5) is 2.43. The van der Waals surface area contributed by atoms with Crippen LogP contribution in [0, 0.1) is 5.41 Å². The molecule has 1 heterocycles. The first-order chi connectivity index (χ1) is 7.66. The molecule has 0 radical (unpaired) electrons. The summed E-state index contributed by atoms with van der Waals surface area (Å²) < 4.78 is 18.8. The molecule has 1 aliphatic carbocycles. The third-order valence-electron chi connectivity index (χ3n) is 4.23. The fourth-order valence-electron chi connectivity index (χ4n) is 2.79. The van der Waals surface area contributed by atoms with Crippen LogP contribution in [0.2, 0.25) is 0 Å². The summed E-state index contributed by atoms with van der Waals surface area (Å²) in [7, 11) is 0. The number of hydrogen-bond acceptors (Lipinski definition) is 2. The van der Waals surface area contributed by atoms with Crippen LogP contribution < -0.4 is 0 Å². The summed E-state index contributed by atoms with van der Waals surface area (Å²) in [5.41, 5.74) is 0.388. The second-order valence-corrected chi connectivity index (χ2v) is 5.41. The monoisotopic (exact) mass is 229 g/mol. The zero-order valence-electron chi connectivity index (χ0n) is 10.5. The lowest BCUT2D eigenvalue weighted by molar-refractivity contribution is 0.00206. The Bertz CT molecular complexity index is 222. The zero-order chi connectivity index (χ0) is 11.6. The molecule has 0 aromatic heterocycles. The first-order valence-corrected chi connectivity index (χ1v) is 6.64. The maximum absolute atomic E-state index is 13.0. The number of ether oxygens (including phenoxy) is 1. The molecule has 0 unspecified atom stereocenters. The largest absolute Gasteiger partial charge is 0.378 e. The molecule has 0 bridgehead atoms. The van der Waals surface area contributed by atoms with E-state index in [4.69, 9.17) is 4.74 Å². The van der Waals surface area contributed by atoms with Gasteiger partial charge in [0.25, 0.3) is 0 Å². The van der Waals surface area contributed by atoms with Crippen molar-refractivity contribution >= 4 is 0 Å². The minimum absolute atomic E-state index is 0.362. The van der Waals surface area contributed by atoms with E-state index in [0.29, 0.717) is 11.5 Å². The Morgan fingerprint density at radius 2 is 2.00 bits per heavy atom. The summed E-state index contributed by atoms with van der Waals surface area (Å²) in [6, 6.07) is 0. The van der Waals surface area contributed by atoms with Crippen molar-refractivity contribution in [1.82, 2.24) is 4.90 Å². The Labute approximate surface area is 98.1 Å². The minimum atomic E-state index is -0.560. The molecule has 2 nitrogen and oxygen atoms in total. The maximum atomic E-state index is 13.0. The number of halogens is 1. The SMILES string of the molecule is CCO[C@@H](C)C1(CN2CCC(F)CC2)CC1. The molecule has 2 aliphatic rings. The summed E-state index contributed by atoms with van der Waals surface area (Å²) >= 11 is 0. The first-order valence-electron chi connectivity index (χ1n) is 6.64. The topological polar surface area (TPSA) is 12.5 Å². The van der Waals surface area contributed by atoms with E-state index in [1.54, 1.807) is 0 Å². The standard InChI is InChI=1S/C13H24FNO/c1-3-16-11(2)13(6-7-13)10-15-8-4-12(14)5-9-15/h11-12H,3-10H2,1-2H3/t11-/m0/s1. The van der Waals surface area contributed by atoms with Gasteiger partial charge in [-0.05, 0) is 39.5 Å². The highest BCUT2D eigenvalue weighted by Gasteiger charge is 2.49. The van der Waals surface area contributed by atoms with Crippen molar-refractivity contribution in [2.24, 2.45) is 5.41 Å². The molecule has 0 aromatic rings. The van der Waals surface area contributed by atoms with Crippen LogP contribution in [0.4, 0.5) is 4.39 Å². The van der Waals surface area contributed by atoms with E-state index in [0.717, 1.165) is 39.1 Å². The van der Waals surface area contributed by atoms with Gasteiger partial charge in [0.05, 0.1) is 6.10 Å². The van der Waals surface area contributed by atoms with E-state index in [-0.39, 0.29) is 0 Å². The molecule has 1 atom stereocenters. The lowest BCUT2D eigenvalue weighted by Gasteiger charge is -2.34. The van der Waals surface area contributed by atoms with Crippen molar-refractivity contribution in [3.8, 4) is 0 Å². The van der Waals surface area contributed by atoms with Gasteiger partial charge in [0.1, 0.15) is 6.17 Å². The number of likely N-dealkylation sites (tertiary alicyclic amines) is 1. The van der Waals surface area contributed by atoms with Gasteiger partial charge in [-0.15, -0.1) is 0 Å². The molecule has 1 saturated heterocycles. The molecule has 0 aromatic carbocycles. The first kappa shape index (κ1) is 12.3. The van der Waals surface area contributed by atoms with Gasteiger partial charge in [0, 0.05) is 31.7 Å². The van der Waals surface area contributed by atoms with Gasteiger partial charge in [-0.25, -0.2) is 4.39 Å². The molecule has 1 aliphatic heterocycles. The zero-order valence-corrected chi connectivity index (χ0v) is 10.5. The molecular formula is C13H24FNO. The van der Waals surface area contributed by atoms with Crippen LogP contribution in [0.1, 0.15) is 39.5 Å². The van der Waals surface area contributed by atoms with Gasteiger partial charge in [0.15, 0.2) is 0 Å². The van der Waals surface area contributed by atoms with E-state index in [1.165, 1.54) is 12.8 Å². The molecule has 3 heteroatoms.